The van der Waals surface area contributed by atoms with E-state index in [1.807, 2.05) is 26.0 Å². The van der Waals surface area contributed by atoms with Crippen LogP contribution in [0.15, 0.2) is 72.9 Å². The van der Waals surface area contributed by atoms with Crippen molar-refractivity contribution in [3.8, 4) is 11.5 Å². The number of methoxy groups -OCH3 is 1. The Kier molecular flexibility index (Phi) is 10.2. The zero-order valence-corrected chi connectivity index (χ0v) is 23.2. The number of carbonyl (C=O) groups is 3. The number of nitrogens with zero attached hydrogens (tertiary/aromatic N) is 1. The number of aromatic nitrogens is 1. The molecule has 0 aliphatic heterocycles. The van der Waals surface area contributed by atoms with Gasteiger partial charge in [-0.15, -0.1) is 0 Å². The summed E-state index contributed by atoms with van der Waals surface area (Å²) in [6.07, 6.45) is 0.293. The minimum atomic E-state index is -1.55. The Balaban J connectivity index is 1.77. The van der Waals surface area contributed by atoms with Gasteiger partial charge in [-0.1, -0.05) is 74.5 Å². The van der Waals surface area contributed by atoms with Gasteiger partial charge >= 0.3 is 6.16 Å². The lowest BCUT2D eigenvalue weighted by molar-refractivity contribution is -0.125. The van der Waals surface area contributed by atoms with E-state index in [0.717, 1.165) is 0 Å². The van der Waals surface area contributed by atoms with Crippen molar-refractivity contribution in [2.75, 3.05) is 13.7 Å². The molecule has 0 aliphatic carbocycles. The Morgan fingerprint density at radius 2 is 1.48 bits per heavy atom. The first-order chi connectivity index (χ1) is 19.1. The van der Waals surface area contributed by atoms with Gasteiger partial charge in [0.25, 0.3) is 5.91 Å². The van der Waals surface area contributed by atoms with Crippen LogP contribution in [-0.2, 0) is 15.1 Å². The molecule has 212 valence electrons. The number of benzene rings is 2. The van der Waals surface area contributed by atoms with Crippen molar-refractivity contribution in [3.63, 3.8) is 0 Å². The van der Waals surface area contributed by atoms with Crippen molar-refractivity contribution in [3.05, 3.63) is 89.7 Å². The van der Waals surface area contributed by atoms with Crippen molar-refractivity contribution in [1.29, 1.82) is 0 Å². The normalized spacial score (nSPS) is 12.7. The van der Waals surface area contributed by atoms with E-state index in [4.69, 9.17) is 14.2 Å². The Labute approximate surface area is 233 Å². The van der Waals surface area contributed by atoms with Crippen LogP contribution in [0.2, 0.25) is 0 Å². The highest BCUT2D eigenvalue weighted by molar-refractivity contribution is 5.99. The largest absolute Gasteiger partial charge is 0.514 e. The summed E-state index contributed by atoms with van der Waals surface area (Å²) >= 11 is 0. The van der Waals surface area contributed by atoms with Crippen molar-refractivity contribution >= 4 is 18.0 Å². The molecular weight excluding hydrogens is 514 g/mol. The third-order valence-electron chi connectivity index (χ3n) is 6.18. The summed E-state index contributed by atoms with van der Waals surface area (Å²) in [5, 5.41) is 17.3. The van der Waals surface area contributed by atoms with Crippen LogP contribution < -0.4 is 20.1 Å². The van der Waals surface area contributed by atoms with E-state index in [2.05, 4.69) is 15.6 Å². The fraction of sp³-hybridized carbons (Fsp3) is 0.333. The molecule has 10 heteroatoms. The third kappa shape index (κ3) is 7.15. The van der Waals surface area contributed by atoms with Crippen LogP contribution in [0, 0.1) is 5.92 Å². The molecule has 0 fully saturated rings. The molecule has 40 heavy (non-hydrogen) atoms. The average Bonchev–Trinajstić information content (AvgIpc) is 2.96. The lowest BCUT2D eigenvalue weighted by Crippen LogP contribution is -2.54. The van der Waals surface area contributed by atoms with Gasteiger partial charge in [0, 0.05) is 12.3 Å². The standard InChI is InChI=1S/C30H35N3O7/c1-19(2)18-39-29(36)40-26-24(38-5)16-17-31-25(26)28(35)32-20(3)27(34)33-21(4)30(37,22-12-8-6-9-13-22)23-14-10-7-11-15-23/h6-17,19-21,37H,18H2,1-5H3,(H,32,35)(H,33,34)/t20-,21-/m0/s1. The zero-order chi connectivity index (χ0) is 29.3. The van der Waals surface area contributed by atoms with Gasteiger partial charge in [-0.2, -0.15) is 0 Å². The van der Waals surface area contributed by atoms with E-state index in [0.29, 0.717) is 11.1 Å². The highest BCUT2D eigenvalue weighted by Gasteiger charge is 2.39. The van der Waals surface area contributed by atoms with Gasteiger partial charge in [0.05, 0.1) is 19.8 Å². The van der Waals surface area contributed by atoms with Crippen LogP contribution in [0.1, 0.15) is 49.3 Å². The first kappa shape index (κ1) is 30.1. The molecule has 0 saturated carbocycles. The number of hydrogen-bond acceptors (Lipinski definition) is 8. The molecule has 3 N–H and O–H groups in total. The average molecular weight is 550 g/mol. The second-order valence-electron chi connectivity index (χ2n) is 9.67. The van der Waals surface area contributed by atoms with E-state index in [9.17, 15) is 19.5 Å². The summed E-state index contributed by atoms with van der Waals surface area (Å²) in [5.41, 5.74) is -0.624. The molecule has 3 aromatic rings. The second kappa shape index (κ2) is 13.6. The first-order valence-electron chi connectivity index (χ1n) is 12.9. The summed E-state index contributed by atoms with van der Waals surface area (Å²) in [6.45, 7) is 7.03. The van der Waals surface area contributed by atoms with Gasteiger partial charge in [-0.25, -0.2) is 9.78 Å². The molecule has 10 nitrogen and oxygen atoms in total. The molecule has 2 amide bonds. The quantitative estimate of drug-likeness (QED) is 0.307. The lowest BCUT2D eigenvalue weighted by atomic mass is 9.80. The van der Waals surface area contributed by atoms with Gasteiger partial charge in [-0.3, -0.25) is 9.59 Å². The summed E-state index contributed by atoms with van der Waals surface area (Å²) in [6, 6.07) is 17.6. The maximum atomic E-state index is 13.2. The molecule has 2 atom stereocenters. The number of ether oxygens (including phenoxy) is 3. The molecule has 0 saturated heterocycles. The van der Waals surface area contributed by atoms with Crippen LogP contribution in [0.5, 0.6) is 11.5 Å². The van der Waals surface area contributed by atoms with Crippen LogP contribution in [0.3, 0.4) is 0 Å². The Bertz CT molecular complexity index is 1260. The summed E-state index contributed by atoms with van der Waals surface area (Å²) in [4.78, 5) is 42.5. The highest BCUT2D eigenvalue weighted by atomic mass is 16.7. The summed E-state index contributed by atoms with van der Waals surface area (Å²) in [7, 11) is 1.35. The van der Waals surface area contributed by atoms with Crippen molar-refractivity contribution in [2.24, 2.45) is 5.92 Å². The minimum absolute atomic E-state index is 0.0781. The van der Waals surface area contributed by atoms with Crippen molar-refractivity contribution in [2.45, 2.75) is 45.4 Å². The fourth-order valence-electron chi connectivity index (χ4n) is 4.02. The van der Waals surface area contributed by atoms with E-state index in [1.54, 1.807) is 55.5 Å². The van der Waals surface area contributed by atoms with Crippen LogP contribution in [0.25, 0.3) is 0 Å². The summed E-state index contributed by atoms with van der Waals surface area (Å²) in [5.74, 6) is -1.40. The molecule has 0 radical (unpaired) electrons. The molecule has 3 rings (SSSR count). The molecule has 0 aliphatic rings. The number of pyridine rings is 1. The van der Waals surface area contributed by atoms with E-state index in [1.165, 1.54) is 26.3 Å². The van der Waals surface area contributed by atoms with Gasteiger partial charge < -0.3 is 30.0 Å². The van der Waals surface area contributed by atoms with Crippen LogP contribution in [0.4, 0.5) is 4.79 Å². The predicted octanol–water partition coefficient (Wildman–Crippen LogP) is 3.82. The number of amides is 2. The number of carbonyl (C=O) groups excluding carboxylic acids is 3. The number of rotatable bonds is 11. The first-order valence-corrected chi connectivity index (χ1v) is 12.9. The topological polar surface area (TPSA) is 136 Å². The Hall–Kier alpha value is -4.44. The van der Waals surface area contributed by atoms with E-state index >= 15 is 0 Å². The van der Waals surface area contributed by atoms with Crippen LogP contribution >= 0.6 is 0 Å². The second-order valence-corrected chi connectivity index (χ2v) is 9.67. The molecule has 0 spiro atoms. The lowest BCUT2D eigenvalue weighted by Gasteiger charge is -2.36. The fourth-order valence-corrected chi connectivity index (χ4v) is 4.02. The van der Waals surface area contributed by atoms with E-state index in [-0.39, 0.29) is 29.7 Å². The van der Waals surface area contributed by atoms with Crippen molar-refractivity contribution < 1.29 is 33.7 Å². The maximum absolute atomic E-state index is 13.2. The zero-order valence-electron chi connectivity index (χ0n) is 23.2. The maximum Gasteiger partial charge on any atom is 0.514 e. The Morgan fingerprint density at radius 1 is 0.900 bits per heavy atom. The number of hydrogen-bond donors (Lipinski definition) is 3. The molecule has 2 aromatic carbocycles. The number of aliphatic hydroxyl groups is 1. The van der Waals surface area contributed by atoms with Crippen molar-refractivity contribution in [1.82, 2.24) is 15.6 Å². The Morgan fingerprint density at radius 3 is 2.00 bits per heavy atom. The van der Waals surface area contributed by atoms with E-state index < -0.39 is 35.7 Å². The molecule has 1 aromatic heterocycles. The van der Waals surface area contributed by atoms with Gasteiger partial charge in [-0.05, 0) is 30.9 Å². The number of nitrogens with one attached hydrogen (secondary N) is 2. The predicted molar refractivity (Wildman–Crippen MR) is 148 cm³/mol. The molecule has 0 bridgehead atoms. The monoisotopic (exact) mass is 549 g/mol. The minimum Gasteiger partial charge on any atom is -0.493 e. The highest BCUT2D eigenvalue weighted by Crippen LogP contribution is 2.33. The van der Waals surface area contributed by atoms with Gasteiger partial charge in [0.1, 0.15) is 11.6 Å². The molecule has 0 unspecified atom stereocenters. The smallest absolute Gasteiger partial charge is 0.493 e. The van der Waals surface area contributed by atoms with Crippen LogP contribution in [-0.4, -0.2) is 53.9 Å². The van der Waals surface area contributed by atoms with Gasteiger partial charge in [0.2, 0.25) is 11.7 Å². The SMILES string of the molecule is COc1ccnc(C(=O)N[C@@H](C)C(=O)N[C@@H](C)C(O)(c2ccccc2)c2ccccc2)c1OC(=O)OCC(C)C. The summed E-state index contributed by atoms with van der Waals surface area (Å²) < 4.78 is 15.5. The molecular formula is C30H35N3O7. The third-order valence-corrected chi connectivity index (χ3v) is 6.18. The molecule has 1 heterocycles. The van der Waals surface area contributed by atoms with Gasteiger partial charge in [0.15, 0.2) is 11.4 Å².